The summed E-state index contributed by atoms with van der Waals surface area (Å²) in [6.07, 6.45) is 7.00. The lowest BCUT2D eigenvalue weighted by Crippen LogP contribution is -2.69. The Labute approximate surface area is 128 Å². The summed E-state index contributed by atoms with van der Waals surface area (Å²) in [5, 5.41) is 8.16. The van der Waals surface area contributed by atoms with Gasteiger partial charge in [-0.2, -0.15) is 5.10 Å². The van der Waals surface area contributed by atoms with Crippen LogP contribution in [0.4, 0.5) is 0 Å². The fraction of sp³-hybridized carbons (Fsp3) is 0.824. The first kappa shape index (κ1) is 15.0. The molecule has 2 fully saturated rings. The van der Waals surface area contributed by atoms with Gasteiger partial charge in [0, 0.05) is 56.1 Å². The molecule has 1 saturated heterocycles. The number of aryl methyl sites for hydroxylation is 1. The lowest BCUT2D eigenvalue weighted by Gasteiger charge is -2.52. The highest BCUT2D eigenvalue weighted by Gasteiger charge is 2.48. The fourth-order valence-electron chi connectivity index (χ4n) is 3.73. The maximum absolute atomic E-state index is 4.29. The van der Waals surface area contributed by atoms with E-state index in [0.717, 1.165) is 25.4 Å². The predicted octanol–water partition coefficient (Wildman–Crippen LogP) is 2.21. The standard InChI is InChI=1S/C17H30N4/c1-5-16(2)12-18-17(3,14-6-7-14)13-21(16)11-9-15-8-10-19-20(15)4/h8,10,14,18H,5-7,9,11-13H2,1-4H3. The van der Waals surface area contributed by atoms with Gasteiger partial charge in [0.05, 0.1) is 0 Å². The molecule has 1 aromatic heterocycles. The minimum atomic E-state index is 0.285. The summed E-state index contributed by atoms with van der Waals surface area (Å²) in [6.45, 7) is 10.6. The Balaban J connectivity index is 1.70. The molecule has 3 rings (SSSR count). The summed E-state index contributed by atoms with van der Waals surface area (Å²) in [7, 11) is 2.04. The third kappa shape index (κ3) is 2.88. The fourth-order valence-corrected chi connectivity index (χ4v) is 3.73. The molecule has 2 aliphatic rings. The van der Waals surface area contributed by atoms with Crippen LogP contribution in [0.2, 0.25) is 0 Å². The highest BCUT2D eigenvalue weighted by molar-refractivity contribution is 5.08. The Morgan fingerprint density at radius 2 is 2.14 bits per heavy atom. The zero-order valence-corrected chi connectivity index (χ0v) is 14.0. The first-order valence-electron chi connectivity index (χ1n) is 8.44. The van der Waals surface area contributed by atoms with Gasteiger partial charge in [0.15, 0.2) is 0 Å². The molecule has 0 radical (unpaired) electrons. The van der Waals surface area contributed by atoms with Crippen molar-refractivity contribution < 1.29 is 0 Å². The van der Waals surface area contributed by atoms with Crippen LogP contribution in [0.5, 0.6) is 0 Å². The van der Waals surface area contributed by atoms with Crippen molar-refractivity contribution in [2.45, 2.75) is 57.5 Å². The maximum atomic E-state index is 4.29. The molecule has 1 aliphatic heterocycles. The van der Waals surface area contributed by atoms with Crippen LogP contribution in [0.1, 0.15) is 45.7 Å². The van der Waals surface area contributed by atoms with Crippen molar-refractivity contribution in [2.24, 2.45) is 13.0 Å². The molecule has 2 unspecified atom stereocenters. The van der Waals surface area contributed by atoms with Gasteiger partial charge in [-0.25, -0.2) is 0 Å². The zero-order chi connectivity index (χ0) is 15.1. The number of aromatic nitrogens is 2. The van der Waals surface area contributed by atoms with Gasteiger partial charge in [0.25, 0.3) is 0 Å². The Morgan fingerprint density at radius 3 is 2.71 bits per heavy atom. The third-order valence-corrected chi connectivity index (χ3v) is 5.96. The largest absolute Gasteiger partial charge is 0.308 e. The van der Waals surface area contributed by atoms with Crippen LogP contribution >= 0.6 is 0 Å². The van der Waals surface area contributed by atoms with Gasteiger partial charge < -0.3 is 5.32 Å². The van der Waals surface area contributed by atoms with Crippen LogP contribution in [-0.4, -0.2) is 45.4 Å². The molecule has 1 aliphatic carbocycles. The van der Waals surface area contributed by atoms with E-state index >= 15 is 0 Å². The summed E-state index contributed by atoms with van der Waals surface area (Å²) < 4.78 is 2.01. The molecule has 4 heteroatoms. The molecule has 0 bridgehead atoms. The number of hydrogen-bond acceptors (Lipinski definition) is 3. The van der Waals surface area contributed by atoms with Crippen LogP contribution in [0.3, 0.4) is 0 Å². The molecule has 118 valence electrons. The minimum Gasteiger partial charge on any atom is -0.308 e. The minimum absolute atomic E-state index is 0.285. The lowest BCUT2D eigenvalue weighted by molar-refractivity contribution is 0.0113. The van der Waals surface area contributed by atoms with Gasteiger partial charge in [-0.1, -0.05) is 6.92 Å². The molecule has 0 spiro atoms. The van der Waals surface area contributed by atoms with Gasteiger partial charge in [-0.15, -0.1) is 0 Å². The first-order chi connectivity index (χ1) is 9.97. The van der Waals surface area contributed by atoms with Gasteiger partial charge in [0.2, 0.25) is 0 Å². The van der Waals surface area contributed by atoms with E-state index in [4.69, 9.17) is 0 Å². The van der Waals surface area contributed by atoms with Crippen molar-refractivity contribution in [3.8, 4) is 0 Å². The Hall–Kier alpha value is -0.870. The smallest absolute Gasteiger partial charge is 0.0492 e. The van der Waals surface area contributed by atoms with E-state index < -0.39 is 0 Å². The van der Waals surface area contributed by atoms with Gasteiger partial charge in [-0.05, 0) is 45.1 Å². The number of nitrogens with one attached hydrogen (secondary N) is 1. The van der Waals surface area contributed by atoms with Gasteiger partial charge in [0.1, 0.15) is 0 Å². The van der Waals surface area contributed by atoms with Crippen LogP contribution in [-0.2, 0) is 13.5 Å². The predicted molar refractivity (Wildman–Crippen MR) is 86.3 cm³/mol. The molecule has 0 amide bonds. The quantitative estimate of drug-likeness (QED) is 0.902. The summed E-state index contributed by atoms with van der Waals surface area (Å²) in [5.74, 6) is 0.887. The second-order valence-electron chi connectivity index (χ2n) is 7.51. The highest BCUT2D eigenvalue weighted by atomic mass is 15.3. The van der Waals surface area contributed by atoms with E-state index in [9.17, 15) is 0 Å². The van der Waals surface area contributed by atoms with Crippen LogP contribution in [0.15, 0.2) is 12.3 Å². The molecule has 1 aromatic rings. The molecule has 21 heavy (non-hydrogen) atoms. The zero-order valence-electron chi connectivity index (χ0n) is 14.0. The van der Waals surface area contributed by atoms with Crippen LogP contribution in [0.25, 0.3) is 0 Å². The van der Waals surface area contributed by atoms with Crippen molar-refractivity contribution >= 4 is 0 Å². The Morgan fingerprint density at radius 1 is 1.38 bits per heavy atom. The SMILES string of the molecule is CCC1(C)CNC(C)(C2CC2)CN1CCc1ccnn1C. The molecule has 2 heterocycles. The van der Waals surface area contributed by atoms with Crippen molar-refractivity contribution in [1.29, 1.82) is 0 Å². The van der Waals surface area contributed by atoms with Crippen LogP contribution in [0, 0.1) is 5.92 Å². The average Bonchev–Trinajstić information content (AvgIpc) is 3.25. The summed E-state index contributed by atoms with van der Waals surface area (Å²) >= 11 is 0. The maximum Gasteiger partial charge on any atom is 0.0492 e. The number of rotatable bonds is 5. The summed E-state index contributed by atoms with van der Waals surface area (Å²) in [6, 6.07) is 2.14. The van der Waals surface area contributed by atoms with Crippen molar-refractivity contribution in [2.75, 3.05) is 19.6 Å². The highest BCUT2D eigenvalue weighted by Crippen LogP contribution is 2.43. The van der Waals surface area contributed by atoms with Gasteiger partial charge >= 0.3 is 0 Å². The van der Waals surface area contributed by atoms with E-state index in [2.05, 4.69) is 42.2 Å². The van der Waals surface area contributed by atoms with E-state index in [-0.39, 0.29) is 5.54 Å². The number of nitrogens with zero attached hydrogens (tertiary/aromatic N) is 3. The molecule has 1 saturated carbocycles. The monoisotopic (exact) mass is 290 g/mol. The van der Waals surface area contributed by atoms with Crippen molar-refractivity contribution in [3.05, 3.63) is 18.0 Å². The molecular formula is C17H30N4. The molecule has 1 N–H and O–H groups in total. The summed E-state index contributed by atoms with van der Waals surface area (Å²) in [5.41, 5.74) is 1.94. The second kappa shape index (κ2) is 5.40. The third-order valence-electron chi connectivity index (χ3n) is 5.96. The average molecular weight is 290 g/mol. The number of piperazine rings is 1. The topological polar surface area (TPSA) is 33.1 Å². The lowest BCUT2D eigenvalue weighted by atomic mass is 9.84. The second-order valence-corrected chi connectivity index (χ2v) is 7.51. The molecular weight excluding hydrogens is 260 g/mol. The van der Waals surface area contributed by atoms with E-state index in [1.165, 1.54) is 31.5 Å². The van der Waals surface area contributed by atoms with E-state index in [1.54, 1.807) is 0 Å². The molecule has 4 nitrogen and oxygen atoms in total. The van der Waals surface area contributed by atoms with Crippen molar-refractivity contribution in [3.63, 3.8) is 0 Å². The van der Waals surface area contributed by atoms with E-state index in [0.29, 0.717) is 5.54 Å². The molecule has 0 aromatic carbocycles. The molecule has 2 atom stereocenters. The Kier molecular flexibility index (Phi) is 3.87. The summed E-state index contributed by atoms with van der Waals surface area (Å²) in [4.78, 5) is 2.73. The van der Waals surface area contributed by atoms with E-state index in [1.807, 2.05) is 17.9 Å². The Bertz CT molecular complexity index is 493. The van der Waals surface area contributed by atoms with Gasteiger partial charge in [-0.3, -0.25) is 9.58 Å². The van der Waals surface area contributed by atoms with Crippen molar-refractivity contribution in [1.82, 2.24) is 20.0 Å². The van der Waals surface area contributed by atoms with Crippen LogP contribution < -0.4 is 5.32 Å². The number of hydrogen-bond donors (Lipinski definition) is 1. The first-order valence-corrected chi connectivity index (χ1v) is 8.44. The normalized spacial score (nSPS) is 34.3.